The summed E-state index contributed by atoms with van der Waals surface area (Å²) in [5.74, 6) is 0. The number of amides is 1. The molecule has 0 spiro atoms. The van der Waals surface area contributed by atoms with Gasteiger partial charge in [0.2, 0.25) is 0 Å². The van der Waals surface area contributed by atoms with Crippen LogP contribution in [0.2, 0.25) is 0 Å². The average Bonchev–Trinajstić information content (AvgIpc) is 2.54. The summed E-state index contributed by atoms with van der Waals surface area (Å²) in [6.45, 7) is 0.157. The normalized spacial score (nSPS) is 10.8. The van der Waals surface area contributed by atoms with Gasteiger partial charge in [0.15, 0.2) is 6.29 Å². The fourth-order valence-electron chi connectivity index (χ4n) is 1.71. The van der Waals surface area contributed by atoms with E-state index in [1.54, 1.807) is 6.08 Å². The van der Waals surface area contributed by atoms with E-state index in [0.29, 0.717) is 6.29 Å². The van der Waals surface area contributed by atoms with Gasteiger partial charge in [-0.05, 0) is 17.2 Å². The molecule has 0 unspecified atom stereocenters. The van der Waals surface area contributed by atoms with Gasteiger partial charge in [0, 0.05) is 0 Å². The minimum atomic E-state index is -0.659. The molecule has 4 heteroatoms. The molecule has 0 bridgehead atoms. The molecule has 2 aromatic carbocycles. The van der Waals surface area contributed by atoms with Crippen molar-refractivity contribution in [3.63, 3.8) is 0 Å². The highest BCUT2D eigenvalue weighted by atomic mass is 16.5. The van der Waals surface area contributed by atoms with E-state index < -0.39 is 6.09 Å². The number of alkyl carbamates (subject to hydrolysis) is 1. The number of aldehydes is 1. The van der Waals surface area contributed by atoms with Gasteiger partial charge in [-0.15, -0.1) is 0 Å². The lowest BCUT2D eigenvalue weighted by Gasteiger charge is -2.06. The van der Waals surface area contributed by atoms with Gasteiger partial charge in [0.05, 0.1) is 5.70 Å². The molecule has 2 aromatic rings. The van der Waals surface area contributed by atoms with E-state index in [1.165, 1.54) is 0 Å². The molecule has 4 nitrogen and oxygen atoms in total. The van der Waals surface area contributed by atoms with Crippen molar-refractivity contribution in [2.45, 2.75) is 6.61 Å². The Morgan fingerprint density at radius 1 is 1.00 bits per heavy atom. The summed E-state index contributed by atoms with van der Waals surface area (Å²) in [5.41, 5.74) is 1.86. The van der Waals surface area contributed by atoms with Gasteiger partial charge in [-0.2, -0.15) is 0 Å². The van der Waals surface area contributed by atoms with Crippen LogP contribution in [0.25, 0.3) is 6.08 Å². The number of allylic oxidation sites excluding steroid dienone is 1. The van der Waals surface area contributed by atoms with Crippen LogP contribution in [0.15, 0.2) is 66.4 Å². The van der Waals surface area contributed by atoms with Gasteiger partial charge in [-0.1, -0.05) is 60.7 Å². The lowest BCUT2D eigenvalue weighted by atomic mass is 10.2. The minimum Gasteiger partial charge on any atom is -0.444 e. The second kappa shape index (κ2) is 7.65. The zero-order valence-corrected chi connectivity index (χ0v) is 11.4. The fourth-order valence-corrected chi connectivity index (χ4v) is 1.71. The molecular formula is C17H15NO3. The first kappa shape index (κ1) is 14.5. The predicted octanol–water partition coefficient (Wildman–Crippen LogP) is 3.15. The van der Waals surface area contributed by atoms with E-state index in [2.05, 4.69) is 5.32 Å². The Hall–Kier alpha value is -2.88. The summed E-state index contributed by atoms with van der Waals surface area (Å²) in [5, 5.41) is 2.42. The highest BCUT2D eigenvalue weighted by Crippen LogP contribution is 2.04. The van der Waals surface area contributed by atoms with Gasteiger partial charge >= 0.3 is 6.09 Å². The van der Waals surface area contributed by atoms with E-state index in [0.717, 1.165) is 11.1 Å². The molecule has 0 saturated heterocycles. The monoisotopic (exact) mass is 281 g/mol. The van der Waals surface area contributed by atoms with Crippen molar-refractivity contribution in [2.75, 3.05) is 0 Å². The van der Waals surface area contributed by atoms with Gasteiger partial charge < -0.3 is 4.74 Å². The van der Waals surface area contributed by atoms with Gasteiger partial charge in [0.25, 0.3) is 0 Å². The second-order valence-corrected chi connectivity index (χ2v) is 4.31. The zero-order chi connectivity index (χ0) is 14.9. The first-order valence-corrected chi connectivity index (χ1v) is 6.47. The molecule has 0 aliphatic rings. The lowest BCUT2D eigenvalue weighted by Crippen LogP contribution is -2.24. The maximum Gasteiger partial charge on any atom is 0.412 e. The number of hydrogen-bond donors (Lipinski definition) is 1. The molecule has 1 N–H and O–H groups in total. The molecule has 106 valence electrons. The minimum absolute atomic E-state index is 0.152. The lowest BCUT2D eigenvalue weighted by molar-refractivity contribution is -0.105. The average molecular weight is 281 g/mol. The van der Waals surface area contributed by atoms with E-state index in [1.807, 2.05) is 60.7 Å². The van der Waals surface area contributed by atoms with Crippen LogP contribution in [0.5, 0.6) is 0 Å². The molecule has 0 heterocycles. The topological polar surface area (TPSA) is 55.4 Å². The van der Waals surface area contributed by atoms with Crippen molar-refractivity contribution in [3.8, 4) is 0 Å². The summed E-state index contributed by atoms with van der Waals surface area (Å²) in [6, 6.07) is 18.6. The van der Waals surface area contributed by atoms with Crippen molar-refractivity contribution in [1.82, 2.24) is 5.32 Å². The predicted molar refractivity (Wildman–Crippen MR) is 80.2 cm³/mol. The van der Waals surface area contributed by atoms with Crippen LogP contribution in [0.1, 0.15) is 11.1 Å². The second-order valence-electron chi connectivity index (χ2n) is 4.31. The van der Waals surface area contributed by atoms with E-state index in [4.69, 9.17) is 4.74 Å². The molecular weight excluding hydrogens is 266 g/mol. The Balaban J connectivity index is 1.91. The Labute approximate surface area is 123 Å². The number of benzene rings is 2. The van der Waals surface area contributed by atoms with Gasteiger partial charge in [-0.3, -0.25) is 10.1 Å². The molecule has 0 radical (unpaired) electrons. The van der Waals surface area contributed by atoms with Crippen molar-refractivity contribution in [2.24, 2.45) is 0 Å². The first-order chi connectivity index (χ1) is 10.3. The third-order valence-corrected chi connectivity index (χ3v) is 2.71. The van der Waals surface area contributed by atoms with Crippen LogP contribution in [0, 0.1) is 0 Å². The Kier molecular flexibility index (Phi) is 5.29. The number of hydrogen-bond acceptors (Lipinski definition) is 3. The maximum atomic E-state index is 11.6. The summed E-state index contributed by atoms with van der Waals surface area (Å²) in [6.07, 6.45) is 1.50. The SMILES string of the molecule is O=C/C(=C/c1ccccc1)NC(=O)OCc1ccccc1. The fraction of sp³-hybridized carbons (Fsp3) is 0.0588. The van der Waals surface area contributed by atoms with Crippen molar-refractivity contribution in [3.05, 3.63) is 77.5 Å². The first-order valence-electron chi connectivity index (χ1n) is 6.47. The van der Waals surface area contributed by atoms with E-state index in [-0.39, 0.29) is 12.3 Å². The van der Waals surface area contributed by atoms with Crippen molar-refractivity contribution in [1.29, 1.82) is 0 Å². The van der Waals surface area contributed by atoms with Crippen LogP contribution in [-0.4, -0.2) is 12.4 Å². The number of rotatable bonds is 5. The summed E-state index contributed by atoms with van der Waals surface area (Å²) >= 11 is 0. The van der Waals surface area contributed by atoms with Gasteiger partial charge in [0.1, 0.15) is 6.61 Å². The molecule has 1 amide bonds. The molecule has 2 rings (SSSR count). The highest BCUT2D eigenvalue weighted by Gasteiger charge is 2.05. The molecule has 0 aliphatic heterocycles. The molecule has 0 aromatic heterocycles. The quantitative estimate of drug-likeness (QED) is 0.676. The number of nitrogens with one attached hydrogen (secondary N) is 1. The summed E-state index contributed by atoms with van der Waals surface area (Å²) < 4.78 is 5.05. The number of ether oxygens (including phenoxy) is 1. The standard InChI is InChI=1S/C17H15NO3/c19-12-16(11-14-7-3-1-4-8-14)18-17(20)21-13-15-9-5-2-6-10-15/h1-12H,13H2,(H,18,20)/b16-11-. The largest absolute Gasteiger partial charge is 0.444 e. The Bertz CT molecular complexity index is 621. The molecule has 0 saturated carbocycles. The van der Waals surface area contributed by atoms with Crippen molar-refractivity contribution >= 4 is 18.5 Å². The highest BCUT2D eigenvalue weighted by molar-refractivity contribution is 5.87. The van der Waals surface area contributed by atoms with Crippen molar-refractivity contribution < 1.29 is 14.3 Å². The molecule has 21 heavy (non-hydrogen) atoms. The summed E-state index contributed by atoms with van der Waals surface area (Å²) in [4.78, 5) is 22.6. The third-order valence-electron chi connectivity index (χ3n) is 2.71. The number of carbonyl (C=O) groups excluding carboxylic acids is 2. The summed E-state index contributed by atoms with van der Waals surface area (Å²) in [7, 11) is 0. The van der Waals surface area contributed by atoms with Crippen LogP contribution in [0.3, 0.4) is 0 Å². The van der Waals surface area contributed by atoms with E-state index in [9.17, 15) is 9.59 Å². The zero-order valence-electron chi connectivity index (χ0n) is 11.4. The van der Waals surface area contributed by atoms with Crippen LogP contribution >= 0.6 is 0 Å². The van der Waals surface area contributed by atoms with Crippen LogP contribution < -0.4 is 5.32 Å². The number of carbonyl (C=O) groups is 2. The molecule has 0 atom stereocenters. The van der Waals surface area contributed by atoms with Gasteiger partial charge in [-0.25, -0.2) is 4.79 Å². The maximum absolute atomic E-state index is 11.6. The molecule has 0 aliphatic carbocycles. The molecule has 0 fully saturated rings. The van der Waals surface area contributed by atoms with E-state index >= 15 is 0 Å². The van der Waals surface area contributed by atoms with Crippen LogP contribution in [-0.2, 0) is 16.1 Å². The Morgan fingerprint density at radius 3 is 2.24 bits per heavy atom. The third kappa shape index (κ3) is 4.95. The Morgan fingerprint density at radius 2 is 1.62 bits per heavy atom. The smallest absolute Gasteiger partial charge is 0.412 e. The van der Waals surface area contributed by atoms with Crippen LogP contribution in [0.4, 0.5) is 4.79 Å².